The third-order valence-electron chi connectivity index (χ3n) is 4.71. The summed E-state index contributed by atoms with van der Waals surface area (Å²) in [6, 6.07) is 3.69. The highest BCUT2D eigenvalue weighted by molar-refractivity contribution is 5.99. The summed E-state index contributed by atoms with van der Waals surface area (Å²) in [6.45, 7) is 4.75. The van der Waals surface area contributed by atoms with E-state index in [4.69, 9.17) is 5.73 Å². The molecular formula is C17H25N5O2. The second-order valence-electron chi connectivity index (χ2n) is 6.46. The van der Waals surface area contributed by atoms with Crippen LogP contribution in [0.15, 0.2) is 18.3 Å². The number of rotatable bonds is 4. The lowest BCUT2D eigenvalue weighted by Crippen LogP contribution is -2.50. The van der Waals surface area contributed by atoms with E-state index in [0.29, 0.717) is 31.7 Å². The smallest absolute Gasteiger partial charge is 0.257 e. The molecule has 2 N–H and O–H groups in total. The molecule has 130 valence electrons. The van der Waals surface area contributed by atoms with Crippen molar-refractivity contribution < 1.29 is 9.59 Å². The van der Waals surface area contributed by atoms with Gasteiger partial charge in [0.05, 0.1) is 12.1 Å². The molecule has 0 aliphatic carbocycles. The minimum atomic E-state index is -0.325. The summed E-state index contributed by atoms with van der Waals surface area (Å²) in [5, 5.41) is 0. The van der Waals surface area contributed by atoms with Gasteiger partial charge >= 0.3 is 0 Å². The Balaban J connectivity index is 1.68. The van der Waals surface area contributed by atoms with Crippen LogP contribution in [-0.2, 0) is 4.79 Å². The Morgan fingerprint density at radius 1 is 1.04 bits per heavy atom. The fourth-order valence-corrected chi connectivity index (χ4v) is 3.42. The van der Waals surface area contributed by atoms with E-state index in [1.807, 2.05) is 21.9 Å². The SMILES string of the molecule is NC(=O)CN1CCN(C(=O)c2cccnc2N2CCCCC2)CC1. The van der Waals surface area contributed by atoms with Gasteiger partial charge in [-0.3, -0.25) is 14.5 Å². The summed E-state index contributed by atoms with van der Waals surface area (Å²) in [4.78, 5) is 34.5. The molecule has 3 heterocycles. The molecule has 2 aliphatic rings. The molecule has 0 radical (unpaired) electrons. The third kappa shape index (κ3) is 3.84. The molecule has 0 spiro atoms. The topological polar surface area (TPSA) is 82.8 Å². The number of nitrogens with two attached hydrogens (primary N) is 1. The molecule has 0 aromatic carbocycles. The second kappa shape index (κ2) is 7.61. The lowest BCUT2D eigenvalue weighted by Gasteiger charge is -2.35. The quantitative estimate of drug-likeness (QED) is 0.859. The van der Waals surface area contributed by atoms with E-state index in [0.717, 1.165) is 31.7 Å². The number of carbonyl (C=O) groups is 2. The van der Waals surface area contributed by atoms with Crippen molar-refractivity contribution in [1.29, 1.82) is 0 Å². The molecule has 0 atom stereocenters. The van der Waals surface area contributed by atoms with Gasteiger partial charge in [0.25, 0.3) is 5.91 Å². The van der Waals surface area contributed by atoms with Crippen LogP contribution in [0, 0.1) is 0 Å². The molecule has 7 nitrogen and oxygen atoms in total. The van der Waals surface area contributed by atoms with Crippen LogP contribution in [0.1, 0.15) is 29.6 Å². The molecule has 2 amide bonds. The van der Waals surface area contributed by atoms with Gasteiger partial charge in [-0.25, -0.2) is 4.98 Å². The zero-order chi connectivity index (χ0) is 16.9. The van der Waals surface area contributed by atoms with Crippen LogP contribution in [-0.4, -0.2) is 72.4 Å². The van der Waals surface area contributed by atoms with Crippen LogP contribution in [0.4, 0.5) is 5.82 Å². The molecule has 0 saturated carbocycles. The number of piperidine rings is 1. The molecular weight excluding hydrogens is 306 g/mol. The first kappa shape index (κ1) is 16.7. The molecule has 2 saturated heterocycles. The van der Waals surface area contributed by atoms with Crippen LogP contribution < -0.4 is 10.6 Å². The maximum Gasteiger partial charge on any atom is 0.257 e. The highest BCUT2D eigenvalue weighted by Gasteiger charge is 2.26. The summed E-state index contributed by atoms with van der Waals surface area (Å²) < 4.78 is 0. The van der Waals surface area contributed by atoms with Gasteiger partial charge in [0.1, 0.15) is 5.82 Å². The van der Waals surface area contributed by atoms with Gasteiger partial charge < -0.3 is 15.5 Å². The van der Waals surface area contributed by atoms with E-state index in [9.17, 15) is 9.59 Å². The molecule has 2 fully saturated rings. The Hall–Kier alpha value is -2.15. The van der Waals surface area contributed by atoms with Gasteiger partial charge in [-0.2, -0.15) is 0 Å². The van der Waals surface area contributed by atoms with Crippen LogP contribution in [0.2, 0.25) is 0 Å². The number of pyridine rings is 1. The number of anilines is 1. The fraction of sp³-hybridized carbons (Fsp3) is 0.588. The normalized spacial score (nSPS) is 19.3. The van der Waals surface area contributed by atoms with E-state index in [2.05, 4.69) is 9.88 Å². The maximum absolute atomic E-state index is 12.9. The van der Waals surface area contributed by atoms with E-state index >= 15 is 0 Å². The van der Waals surface area contributed by atoms with Crippen LogP contribution in [0.25, 0.3) is 0 Å². The Bertz CT molecular complexity index is 592. The Kier molecular flexibility index (Phi) is 5.30. The monoisotopic (exact) mass is 331 g/mol. The fourth-order valence-electron chi connectivity index (χ4n) is 3.42. The lowest BCUT2D eigenvalue weighted by atomic mass is 10.1. The molecule has 24 heavy (non-hydrogen) atoms. The van der Waals surface area contributed by atoms with Gasteiger partial charge in [-0.05, 0) is 31.4 Å². The van der Waals surface area contributed by atoms with Crippen LogP contribution in [0.3, 0.4) is 0 Å². The number of carbonyl (C=O) groups excluding carboxylic acids is 2. The lowest BCUT2D eigenvalue weighted by molar-refractivity contribution is -0.119. The summed E-state index contributed by atoms with van der Waals surface area (Å²) in [5.41, 5.74) is 5.92. The van der Waals surface area contributed by atoms with Crippen molar-refractivity contribution in [3.63, 3.8) is 0 Å². The molecule has 3 rings (SSSR count). The van der Waals surface area contributed by atoms with Crippen molar-refractivity contribution in [2.75, 3.05) is 50.7 Å². The van der Waals surface area contributed by atoms with Gasteiger partial charge in [-0.15, -0.1) is 0 Å². The summed E-state index contributed by atoms with van der Waals surface area (Å²) in [5.74, 6) is 0.513. The maximum atomic E-state index is 12.9. The number of primary amides is 1. The van der Waals surface area contributed by atoms with Crippen molar-refractivity contribution in [1.82, 2.24) is 14.8 Å². The van der Waals surface area contributed by atoms with Gasteiger partial charge in [0.15, 0.2) is 0 Å². The van der Waals surface area contributed by atoms with Gasteiger partial charge in [0.2, 0.25) is 5.91 Å². The molecule has 1 aromatic rings. The highest BCUT2D eigenvalue weighted by Crippen LogP contribution is 2.23. The minimum Gasteiger partial charge on any atom is -0.369 e. The predicted molar refractivity (Wildman–Crippen MR) is 91.8 cm³/mol. The number of hydrogen-bond donors (Lipinski definition) is 1. The van der Waals surface area contributed by atoms with Crippen molar-refractivity contribution >= 4 is 17.6 Å². The average molecular weight is 331 g/mol. The Morgan fingerprint density at radius 3 is 2.42 bits per heavy atom. The Labute approximate surface area is 142 Å². The molecule has 2 aliphatic heterocycles. The van der Waals surface area contributed by atoms with Crippen LogP contribution >= 0.6 is 0 Å². The first-order chi connectivity index (χ1) is 11.6. The van der Waals surface area contributed by atoms with Crippen LogP contribution in [0.5, 0.6) is 0 Å². The summed E-state index contributed by atoms with van der Waals surface area (Å²) in [7, 11) is 0. The first-order valence-electron chi connectivity index (χ1n) is 8.65. The van der Waals surface area contributed by atoms with E-state index in [-0.39, 0.29) is 18.4 Å². The molecule has 0 unspecified atom stereocenters. The van der Waals surface area contributed by atoms with Crippen molar-refractivity contribution in [3.8, 4) is 0 Å². The van der Waals surface area contributed by atoms with E-state index in [1.165, 1.54) is 6.42 Å². The molecule has 7 heteroatoms. The van der Waals surface area contributed by atoms with E-state index < -0.39 is 0 Å². The largest absolute Gasteiger partial charge is 0.369 e. The zero-order valence-electron chi connectivity index (χ0n) is 14.0. The predicted octanol–water partition coefficient (Wildman–Crippen LogP) is 0.315. The number of aromatic nitrogens is 1. The molecule has 0 bridgehead atoms. The number of amides is 2. The number of nitrogens with zero attached hydrogens (tertiary/aromatic N) is 4. The number of hydrogen-bond acceptors (Lipinski definition) is 5. The minimum absolute atomic E-state index is 0.0300. The van der Waals surface area contributed by atoms with Crippen molar-refractivity contribution in [2.45, 2.75) is 19.3 Å². The van der Waals surface area contributed by atoms with Gasteiger partial charge in [0, 0.05) is 45.5 Å². The van der Waals surface area contributed by atoms with Gasteiger partial charge in [-0.1, -0.05) is 0 Å². The number of piperazine rings is 1. The van der Waals surface area contributed by atoms with E-state index in [1.54, 1.807) is 6.20 Å². The summed E-state index contributed by atoms with van der Waals surface area (Å²) in [6.07, 6.45) is 5.30. The standard InChI is InChI=1S/C17H25N5O2/c18-15(23)13-20-9-11-22(12-10-20)17(24)14-5-4-6-19-16(14)21-7-2-1-3-8-21/h4-6H,1-3,7-13H2,(H2,18,23). The zero-order valence-corrected chi connectivity index (χ0v) is 14.0. The van der Waals surface area contributed by atoms with Crippen molar-refractivity contribution in [3.05, 3.63) is 23.9 Å². The highest BCUT2D eigenvalue weighted by atomic mass is 16.2. The summed E-state index contributed by atoms with van der Waals surface area (Å²) >= 11 is 0. The average Bonchev–Trinajstić information content (AvgIpc) is 2.62. The van der Waals surface area contributed by atoms with Crippen molar-refractivity contribution in [2.24, 2.45) is 5.73 Å². The molecule has 1 aromatic heterocycles. The third-order valence-corrected chi connectivity index (χ3v) is 4.71. The Morgan fingerprint density at radius 2 is 1.75 bits per heavy atom. The second-order valence-corrected chi connectivity index (χ2v) is 6.46. The first-order valence-corrected chi connectivity index (χ1v) is 8.65.